The van der Waals surface area contributed by atoms with Crippen molar-refractivity contribution < 1.29 is 0 Å². The molecule has 0 N–H and O–H groups in total. The third-order valence-corrected chi connectivity index (χ3v) is 2.85. The van der Waals surface area contributed by atoms with Crippen LogP contribution in [-0.4, -0.2) is 4.20 Å². The van der Waals surface area contributed by atoms with Crippen molar-refractivity contribution in [3.63, 3.8) is 0 Å². The summed E-state index contributed by atoms with van der Waals surface area (Å²) in [5, 5.41) is 0. The van der Waals surface area contributed by atoms with E-state index in [1.807, 2.05) is 6.08 Å². The molecular formula is C10H16S2. The van der Waals surface area contributed by atoms with Gasteiger partial charge in [0.25, 0.3) is 0 Å². The summed E-state index contributed by atoms with van der Waals surface area (Å²) in [5.41, 5.74) is 1.43. The van der Waals surface area contributed by atoms with Crippen LogP contribution in [0.25, 0.3) is 0 Å². The normalized spacial score (nSPS) is 21.0. The Morgan fingerprint density at radius 2 is 1.92 bits per heavy atom. The Morgan fingerprint density at radius 3 is 2.42 bits per heavy atom. The zero-order valence-corrected chi connectivity index (χ0v) is 9.26. The van der Waals surface area contributed by atoms with E-state index >= 15 is 0 Å². The monoisotopic (exact) mass is 200 g/mol. The molecule has 0 radical (unpaired) electrons. The van der Waals surface area contributed by atoms with E-state index in [0.717, 1.165) is 10.1 Å². The van der Waals surface area contributed by atoms with E-state index in [1.54, 1.807) is 0 Å². The Balaban J connectivity index is 2.49. The van der Waals surface area contributed by atoms with Gasteiger partial charge in [-0.25, -0.2) is 0 Å². The minimum absolute atomic E-state index is 0.720. The predicted molar refractivity (Wildman–Crippen MR) is 61.9 cm³/mol. The minimum Gasteiger partial charge on any atom is -0.132 e. The Labute approximate surface area is 85.8 Å². The SMILES string of the molecule is CC(=CC(=S)S)C1CCCCC1. The summed E-state index contributed by atoms with van der Waals surface area (Å²) in [4.78, 5) is 0. The molecule has 68 valence electrons. The molecule has 0 aromatic carbocycles. The summed E-state index contributed by atoms with van der Waals surface area (Å²) in [5.74, 6) is 0.781. The largest absolute Gasteiger partial charge is 0.132 e. The van der Waals surface area contributed by atoms with Crippen molar-refractivity contribution in [1.29, 1.82) is 0 Å². The number of hydrogen-bond donors (Lipinski definition) is 1. The molecule has 0 aliphatic heterocycles. The second kappa shape index (κ2) is 5.03. The lowest BCUT2D eigenvalue weighted by Gasteiger charge is -2.22. The van der Waals surface area contributed by atoms with Crippen LogP contribution in [0.5, 0.6) is 0 Å². The average Bonchev–Trinajstić information content (AvgIpc) is 2.05. The highest BCUT2D eigenvalue weighted by molar-refractivity contribution is 8.11. The second-order valence-corrected chi connectivity index (χ2v) is 4.79. The van der Waals surface area contributed by atoms with Crippen molar-refractivity contribution in [2.75, 3.05) is 0 Å². The number of allylic oxidation sites excluding steroid dienone is 1. The maximum absolute atomic E-state index is 4.93. The van der Waals surface area contributed by atoms with Crippen LogP contribution in [-0.2, 0) is 0 Å². The lowest BCUT2D eigenvalue weighted by Crippen LogP contribution is -2.07. The summed E-state index contributed by atoms with van der Waals surface area (Å²) in [6, 6.07) is 0. The van der Waals surface area contributed by atoms with E-state index in [-0.39, 0.29) is 0 Å². The van der Waals surface area contributed by atoms with Crippen molar-refractivity contribution in [3.8, 4) is 0 Å². The molecule has 0 atom stereocenters. The summed E-state index contributed by atoms with van der Waals surface area (Å²) in [6.45, 7) is 2.18. The van der Waals surface area contributed by atoms with Gasteiger partial charge in [0.05, 0.1) is 4.20 Å². The molecule has 0 saturated heterocycles. The molecule has 0 aromatic rings. The summed E-state index contributed by atoms with van der Waals surface area (Å²) >= 11 is 9.04. The van der Waals surface area contributed by atoms with E-state index in [4.69, 9.17) is 12.2 Å². The van der Waals surface area contributed by atoms with E-state index in [1.165, 1.54) is 37.7 Å². The van der Waals surface area contributed by atoms with Gasteiger partial charge < -0.3 is 0 Å². The third-order valence-electron chi connectivity index (χ3n) is 2.60. The third kappa shape index (κ3) is 3.28. The van der Waals surface area contributed by atoms with Gasteiger partial charge in [0.15, 0.2) is 0 Å². The quantitative estimate of drug-likeness (QED) is 0.402. The van der Waals surface area contributed by atoms with Gasteiger partial charge in [-0.05, 0) is 31.8 Å². The number of hydrogen-bond acceptors (Lipinski definition) is 1. The Bertz CT molecular complexity index is 188. The maximum atomic E-state index is 4.93. The van der Waals surface area contributed by atoms with Crippen molar-refractivity contribution >= 4 is 29.0 Å². The molecule has 1 saturated carbocycles. The zero-order chi connectivity index (χ0) is 8.97. The standard InChI is InChI=1S/C10H16S2/c1-8(7-10(11)12)9-5-3-2-4-6-9/h7,9H,2-6H2,1H3,(H,11,12). The summed E-state index contributed by atoms with van der Waals surface area (Å²) in [6.07, 6.45) is 8.91. The lowest BCUT2D eigenvalue weighted by atomic mass is 9.84. The van der Waals surface area contributed by atoms with Gasteiger partial charge in [0.2, 0.25) is 0 Å². The highest BCUT2D eigenvalue weighted by Gasteiger charge is 2.14. The second-order valence-electron chi connectivity index (χ2n) is 3.56. The summed E-state index contributed by atoms with van der Waals surface area (Å²) < 4.78 is 0.720. The molecule has 1 rings (SSSR count). The van der Waals surface area contributed by atoms with Crippen LogP contribution in [0.15, 0.2) is 11.6 Å². The Hall–Kier alpha value is 0.180. The summed E-state index contributed by atoms with van der Waals surface area (Å²) in [7, 11) is 0. The Kier molecular flexibility index (Phi) is 4.30. The van der Waals surface area contributed by atoms with E-state index in [2.05, 4.69) is 19.6 Å². The molecule has 0 amide bonds. The molecule has 0 heterocycles. The highest BCUT2D eigenvalue weighted by atomic mass is 32.1. The molecule has 12 heavy (non-hydrogen) atoms. The first-order valence-electron chi connectivity index (χ1n) is 4.61. The average molecular weight is 200 g/mol. The van der Waals surface area contributed by atoms with Gasteiger partial charge in [-0.15, -0.1) is 12.6 Å². The van der Waals surface area contributed by atoms with Crippen LogP contribution in [0.4, 0.5) is 0 Å². The number of thiol groups is 1. The maximum Gasteiger partial charge on any atom is 0.0674 e. The topological polar surface area (TPSA) is 0 Å². The molecule has 0 nitrogen and oxygen atoms in total. The molecule has 0 unspecified atom stereocenters. The van der Waals surface area contributed by atoms with Crippen molar-refractivity contribution in [1.82, 2.24) is 0 Å². The van der Waals surface area contributed by atoms with Crippen molar-refractivity contribution in [2.45, 2.75) is 39.0 Å². The van der Waals surface area contributed by atoms with Crippen LogP contribution in [0.1, 0.15) is 39.0 Å². The van der Waals surface area contributed by atoms with Gasteiger partial charge in [-0.2, -0.15) is 0 Å². The molecule has 1 aliphatic carbocycles. The fraction of sp³-hybridized carbons (Fsp3) is 0.700. The van der Waals surface area contributed by atoms with Crippen LogP contribution in [0.3, 0.4) is 0 Å². The van der Waals surface area contributed by atoms with Gasteiger partial charge in [-0.3, -0.25) is 0 Å². The van der Waals surface area contributed by atoms with Crippen molar-refractivity contribution in [3.05, 3.63) is 11.6 Å². The number of rotatable bonds is 2. The fourth-order valence-electron chi connectivity index (χ4n) is 1.87. The first kappa shape index (κ1) is 10.3. The highest BCUT2D eigenvalue weighted by Crippen LogP contribution is 2.29. The lowest BCUT2D eigenvalue weighted by molar-refractivity contribution is 0.403. The van der Waals surface area contributed by atoms with Crippen LogP contribution in [0.2, 0.25) is 0 Å². The molecular weight excluding hydrogens is 184 g/mol. The molecule has 0 spiro atoms. The molecule has 1 fully saturated rings. The van der Waals surface area contributed by atoms with Crippen molar-refractivity contribution in [2.24, 2.45) is 5.92 Å². The van der Waals surface area contributed by atoms with Gasteiger partial charge in [-0.1, -0.05) is 37.1 Å². The Morgan fingerprint density at radius 1 is 1.33 bits per heavy atom. The van der Waals surface area contributed by atoms with Gasteiger partial charge in [0.1, 0.15) is 0 Å². The predicted octanol–water partition coefficient (Wildman–Crippen LogP) is 3.77. The molecule has 2 heteroatoms. The van der Waals surface area contributed by atoms with Crippen LogP contribution in [0, 0.1) is 5.92 Å². The first-order valence-corrected chi connectivity index (χ1v) is 5.47. The van der Waals surface area contributed by atoms with Gasteiger partial charge >= 0.3 is 0 Å². The van der Waals surface area contributed by atoms with E-state index in [0.29, 0.717) is 0 Å². The van der Waals surface area contributed by atoms with Crippen LogP contribution < -0.4 is 0 Å². The number of thiocarbonyl (C=S) groups is 1. The van der Waals surface area contributed by atoms with Gasteiger partial charge in [0, 0.05) is 0 Å². The molecule has 0 aromatic heterocycles. The van der Waals surface area contributed by atoms with Crippen LogP contribution >= 0.6 is 24.8 Å². The minimum atomic E-state index is 0.720. The van der Waals surface area contributed by atoms with E-state index < -0.39 is 0 Å². The zero-order valence-electron chi connectivity index (χ0n) is 7.55. The fourth-order valence-corrected chi connectivity index (χ4v) is 2.26. The molecule has 1 aliphatic rings. The van der Waals surface area contributed by atoms with E-state index in [9.17, 15) is 0 Å². The molecule has 0 bridgehead atoms. The smallest absolute Gasteiger partial charge is 0.0674 e. The first-order chi connectivity index (χ1) is 5.70.